The summed E-state index contributed by atoms with van der Waals surface area (Å²) in [4.78, 5) is 14.4. The van der Waals surface area contributed by atoms with E-state index >= 15 is 0 Å². The first kappa shape index (κ1) is 12.2. The molecule has 1 amide bonds. The van der Waals surface area contributed by atoms with Gasteiger partial charge < -0.3 is 10.2 Å². The molecule has 2 aliphatic heterocycles. The third kappa shape index (κ3) is 2.72. The Labute approximate surface area is 102 Å². The molecule has 2 heterocycles. The summed E-state index contributed by atoms with van der Waals surface area (Å²) in [7, 11) is 0. The highest BCUT2D eigenvalue weighted by molar-refractivity contribution is 7.99. The average molecular weight is 242 g/mol. The molecule has 16 heavy (non-hydrogen) atoms. The smallest absolute Gasteiger partial charge is 0.239 e. The molecule has 2 rings (SSSR count). The Balaban J connectivity index is 1.94. The van der Waals surface area contributed by atoms with Gasteiger partial charge in [-0.05, 0) is 50.7 Å². The Morgan fingerprint density at radius 3 is 2.69 bits per heavy atom. The number of hydrogen-bond donors (Lipinski definition) is 1. The molecule has 0 aliphatic carbocycles. The number of nitrogens with zero attached hydrogens (tertiary/aromatic N) is 1. The third-order valence-corrected chi connectivity index (χ3v) is 4.66. The Hall–Kier alpha value is -0.220. The van der Waals surface area contributed by atoms with Crippen molar-refractivity contribution in [2.24, 2.45) is 0 Å². The largest absolute Gasteiger partial charge is 0.339 e. The third-order valence-electron chi connectivity index (χ3n) is 3.61. The molecule has 92 valence electrons. The Kier molecular flexibility index (Phi) is 4.53. The summed E-state index contributed by atoms with van der Waals surface area (Å²) in [5.41, 5.74) is 0. The van der Waals surface area contributed by atoms with Gasteiger partial charge >= 0.3 is 0 Å². The van der Waals surface area contributed by atoms with Crippen LogP contribution in [0.25, 0.3) is 0 Å². The van der Waals surface area contributed by atoms with Crippen LogP contribution >= 0.6 is 11.8 Å². The lowest BCUT2D eigenvalue weighted by Crippen LogP contribution is -2.49. The highest BCUT2D eigenvalue weighted by Gasteiger charge is 2.30. The van der Waals surface area contributed by atoms with Crippen LogP contribution in [-0.4, -0.2) is 47.5 Å². The highest BCUT2D eigenvalue weighted by Crippen LogP contribution is 2.23. The second-order valence-electron chi connectivity index (χ2n) is 4.62. The molecule has 0 spiro atoms. The van der Waals surface area contributed by atoms with Gasteiger partial charge in [0.1, 0.15) is 0 Å². The van der Waals surface area contributed by atoms with Gasteiger partial charge in [-0.1, -0.05) is 0 Å². The molecule has 1 atom stereocenters. The fourth-order valence-corrected chi connectivity index (χ4v) is 3.77. The number of nitrogens with one attached hydrogen (secondary N) is 1. The second kappa shape index (κ2) is 5.92. The molecule has 0 aromatic heterocycles. The minimum absolute atomic E-state index is 0.106. The zero-order valence-corrected chi connectivity index (χ0v) is 10.9. The number of thioether (sulfide) groups is 1. The van der Waals surface area contributed by atoms with Gasteiger partial charge in [-0.3, -0.25) is 4.79 Å². The first-order valence-electron chi connectivity index (χ1n) is 6.44. The van der Waals surface area contributed by atoms with Crippen LogP contribution in [-0.2, 0) is 4.79 Å². The van der Waals surface area contributed by atoms with Gasteiger partial charge in [0.2, 0.25) is 5.91 Å². The van der Waals surface area contributed by atoms with Crippen molar-refractivity contribution >= 4 is 17.7 Å². The zero-order chi connectivity index (χ0) is 11.4. The van der Waals surface area contributed by atoms with E-state index in [0.29, 0.717) is 11.9 Å². The van der Waals surface area contributed by atoms with E-state index in [9.17, 15) is 4.79 Å². The SMILES string of the molecule is CCN(C(=O)[C@@H]1CCCN1)C1CCSCC1. The van der Waals surface area contributed by atoms with Gasteiger partial charge in [0, 0.05) is 12.6 Å². The molecule has 0 radical (unpaired) electrons. The molecule has 0 aromatic carbocycles. The number of rotatable bonds is 3. The van der Waals surface area contributed by atoms with E-state index in [1.807, 2.05) is 11.8 Å². The Bertz CT molecular complexity index is 235. The van der Waals surface area contributed by atoms with Gasteiger partial charge in [-0.15, -0.1) is 0 Å². The molecule has 0 saturated carbocycles. The highest BCUT2D eigenvalue weighted by atomic mass is 32.2. The fraction of sp³-hybridized carbons (Fsp3) is 0.917. The van der Waals surface area contributed by atoms with E-state index < -0.39 is 0 Å². The number of amides is 1. The monoisotopic (exact) mass is 242 g/mol. The summed E-state index contributed by atoms with van der Waals surface area (Å²) in [5, 5.41) is 3.31. The average Bonchev–Trinajstić information content (AvgIpc) is 2.85. The van der Waals surface area contributed by atoms with E-state index in [2.05, 4.69) is 17.1 Å². The summed E-state index contributed by atoms with van der Waals surface area (Å²) in [6, 6.07) is 0.607. The van der Waals surface area contributed by atoms with Crippen LogP contribution in [0.15, 0.2) is 0 Å². The quantitative estimate of drug-likeness (QED) is 0.813. The number of likely N-dealkylation sites (N-methyl/N-ethyl adjacent to an activating group) is 1. The van der Waals surface area contributed by atoms with Crippen molar-refractivity contribution in [3.05, 3.63) is 0 Å². The van der Waals surface area contributed by atoms with Crippen molar-refractivity contribution in [2.75, 3.05) is 24.6 Å². The lowest BCUT2D eigenvalue weighted by atomic mass is 10.1. The first-order chi connectivity index (χ1) is 7.83. The van der Waals surface area contributed by atoms with Crippen molar-refractivity contribution < 1.29 is 4.79 Å². The second-order valence-corrected chi connectivity index (χ2v) is 5.84. The Morgan fingerprint density at radius 1 is 1.38 bits per heavy atom. The maximum atomic E-state index is 12.3. The predicted octanol–water partition coefficient (Wildman–Crippen LogP) is 1.48. The van der Waals surface area contributed by atoms with Gasteiger partial charge in [0.25, 0.3) is 0 Å². The lowest BCUT2D eigenvalue weighted by molar-refractivity contribution is -0.135. The van der Waals surface area contributed by atoms with Gasteiger partial charge in [0.15, 0.2) is 0 Å². The molecule has 4 heteroatoms. The molecule has 0 aromatic rings. The van der Waals surface area contributed by atoms with Crippen molar-refractivity contribution in [2.45, 2.75) is 44.7 Å². The Morgan fingerprint density at radius 2 is 2.12 bits per heavy atom. The van der Waals surface area contributed by atoms with Crippen LogP contribution in [0.3, 0.4) is 0 Å². The van der Waals surface area contributed by atoms with E-state index in [1.165, 1.54) is 24.3 Å². The van der Waals surface area contributed by atoms with Crippen LogP contribution < -0.4 is 5.32 Å². The summed E-state index contributed by atoms with van der Waals surface area (Å²) >= 11 is 2.02. The predicted molar refractivity (Wildman–Crippen MR) is 68.8 cm³/mol. The molecular weight excluding hydrogens is 220 g/mol. The van der Waals surface area contributed by atoms with Gasteiger partial charge in [0.05, 0.1) is 6.04 Å². The maximum absolute atomic E-state index is 12.3. The van der Waals surface area contributed by atoms with Crippen LogP contribution in [0, 0.1) is 0 Å². The van der Waals surface area contributed by atoms with Gasteiger partial charge in [-0.2, -0.15) is 11.8 Å². The van der Waals surface area contributed by atoms with Gasteiger partial charge in [-0.25, -0.2) is 0 Å². The van der Waals surface area contributed by atoms with E-state index in [-0.39, 0.29) is 6.04 Å². The zero-order valence-electron chi connectivity index (χ0n) is 10.1. The van der Waals surface area contributed by atoms with Crippen LogP contribution in [0.5, 0.6) is 0 Å². The van der Waals surface area contributed by atoms with E-state index in [0.717, 1.165) is 25.9 Å². The lowest BCUT2D eigenvalue weighted by Gasteiger charge is -2.35. The molecule has 2 aliphatic rings. The standard InChI is InChI=1S/C12H22N2OS/c1-2-14(10-5-8-16-9-6-10)12(15)11-4-3-7-13-11/h10-11,13H,2-9H2,1H3/t11-/m0/s1. The fourth-order valence-electron chi connectivity index (χ4n) is 2.69. The van der Waals surface area contributed by atoms with Crippen LogP contribution in [0.1, 0.15) is 32.6 Å². The molecule has 2 fully saturated rings. The minimum Gasteiger partial charge on any atom is -0.339 e. The summed E-state index contributed by atoms with van der Waals surface area (Å²) in [6.07, 6.45) is 4.53. The van der Waals surface area contributed by atoms with Crippen LogP contribution in [0.2, 0.25) is 0 Å². The molecular formula is C12H22N2OS. The topological polar surface area (TPSA) is 32.3 Å². The normalized spacial score (nSPS) is 26.9. The first-order valence-corrected chi connectivity index (χ1v) is 7.60. The van der Waals surface area contributed by atoms with Crippen molar-refractivity contribution in [1.82, 2.24) is 10.2 Å². The molecule has 0 bridgehead atoms. The van der Waals surface area contributed by atoms with E-state index in [4.69, 9.17) is 0 Å². The van der Waals surface area contributed by atoms with Crippen molar-refractivity contribution in [3.63, 3.8) is 0 Å². The molecule has 2 saturated heterocycles. The van der Waals surface area contributed by atoms with Crippen molar-refractivity contribution in [1.29, 1.82) is 0 Å². The molecule has 0 unspecified atom stereocenters. The summed E-state index contributed by atoms with van der Waals surface area (Å²) < 4.78 is 0. The maximum Gasteiger partial charge on any atom is 0.239 e. The number of carbonyl (C=O) groups excluding carboxylic acids is 1. The summed E-state index contributed by atoms with van der Waals surface area (Å²) in [6.45, 7) is 3.98. The minimum atomic E-state index is 0.106. The molecule has 1 N–H and O–H groups in total. The number of hydrogen-bond acceptors (Lipinski definition) is 3. The number of carbonyl (C=O) groups is 1. The molecule has 3 nitrogen and oxygen atoms in total. The van der Waals surface area contributed by atoms with Crippen molar-refractivity contribution in [3.8, 4) is 0 Å². The van der Waals surface area contributed by atoms with Crippen LogP contribution in [0.4, 0.5) is 0 Å². The summed E-state index contributed by atoms with van der Waals surface area (Å²) in [5.74, 6) is 2.77. The van der Waals surface area contributed by atoms with E-state index in [1.54, 1.807) is 0 Å².